The summed E-state index contributed by atoms with van der Waals surface area (Å²) in [6.07, 6.45) is 1.11. The largest absolute Gasteiger partial charge is 0.476 e. The summed E-state index contributed by atoms with van der Waals surface area (Å²) >= 11 is 0. The topological polar surface area (TPSA) is 113 Å². The molecule has 0 aliphatic carbocycles. The zero-order valence-corrected chi connectivity index (χ0v) is 9.94. The number of hydrogen-bond donors (Lipinski definition) is 1. The molecule has 19 heavy (non-hydrogen) atoms. The molecular formula is C11H10N4O4. The maximum atomic E-state index is 11.0. The van der Waals surface area contributed by atoms with Crippen LogP contribution < -0.4 is 15.2 Å². The molecule has 98 valence electrons. The maximum Gasteiger partial charge on any atom is 0.392 e. The summed E-state index contributed by atoms with van der Waals surface area (Å²) in [4.78, 5) is 17.7. The molecule has 8 nitrogen and oxygen atoms in total. The molecule has 2 aromatic rings. The number of nitrogens with two attached hydrogens (primary N) is 1. The van der Waals surface area contributed by atoms with Crippen LogP contribution in [-0.2, 0) is 0 Å². The van der Waals surface area contributed by atoms with E-state index in [1.54, 1.807) is 24.3 Å². The summed E-state index contributed by atoms with van der Waals surface area (Å²) in [6, 6.07) is 6.60. The van der Waals surface area contributed by atoms with Crippen LogP contribution in [0.15, 0.2) is 30.6 Å². The predicted octanol–water partition coefficient (Wildman–Crippen LogP) is 1.77. The highest BCUT2D eigenvalue weighted by molar-refractivity contribution is 5.56. The fraction of sp³-hybridized carbons (Fsp3) is 0.0909. The molecule has 0 aliphatic rings. The Balaban J connectivity index is 2.46. The summed E-state index contributed by atoms with van der Waals surface area (Å²) in [6.45, 7) is 0. The van der Waals surface area contributed by atoms with Crippen molar-refractivity contribution in [2.75, 3.05) is 12.8 Å². The Labute approximate surface area is 108 Å². The van der Waals surface area contributed by atoms with Gasteiger partial charge in [0.15, 0.2) is 5.75 Å². The van der Waals surface area contributed by atoms with E-state index in [1.807, 2.05) is 0 Å². The smallest absolute Gasteiger partial charge is 0.392 e. The monoisotopic (exact) mass is 262 g/mol. The number of benzene rings is 1. The highest BCUT2D eigenvalue weighted by atomic mass is 16.6. The van der Waals surface area contributed by atoms with Crippen molar-refractivity contribution in [1.29, 1.82) is 0 Å². The standard InChI is InChI=1S/C11H10N4O4/c1-18-10-9(15(16)17)11(14-6-13-10)19-8-5-3-2-4-7(8)12/h2-6H,12H2,1H3. The van der Waals surface area contributed by atoms with E-state index in [0.717, 1.165) is 6.33 Å². The van der Waals surface area contributed by atoms with E-state index < -0.39 is 10.6 Å². The minimum atomic E-state index is -0.673. The Morgan fingerprint density at radius 3 is 2.58 bits per heavy atom. The molecule has 0 saturated heterocycles. The summed E-state index contributed by atoms with van der Waals surface area (Å²) in [7, 11) is 1.27. The third kappa shape index (κ3) is 2.51. The predicted molar refractivity (Wildman–Crippen MR) is 66.2 cm³/mol. The molecule has 1 heterocycles. The van der Waals surface area contributed by atoms with Crippen LogP contribution in [-0.4, -0.2) is 22.0 Å². The number of methoxy groups -OCH3 is 1. The molecule has 0 unspecified atom stereocenters. The Morgan fingerprint density at radius 1 is 1.26 bits per heavy atom. The van der Waals surface area contributed by atoms with Crippen LogP contribution >= 0.6 is 0 Å². The molecule has 0 aliphatic heterocycles. The van der Waals surface area contributed by atoms with Gasteiger partial charge >= 0.3 is 17.4 Å². The van der Waals surface area contributed by atoms with Gasteiger partial charge in [-0.15, -0.1) is 0 Å². The van der Waals surface area contributed by atoms with Crippen molar-refractivity contribution in [2.24, 2.45) is 0 Å². The first-order chi connectivity index (χ1) is 9.13. The molecular weight excluding hydrogens is 252 g/mol. The number of anilines is 1. The van der Waals surface area contributed by atoms with Crippen molar-refractivity contribution in [3.05, 3.63) is 40.7 Å². The Bertz CT molecular complexity index is 617. The molecule has 0 atom stereocenters. The van der Waals surface area contributed by atoms with Gasteiger partial charge in [0.2, 0.25) is 0 Å². The first-order valence-corrected chi connectivity index (χ1v) is 5.19. The number of rotatable bonds is 4. The zero-order chi connectivity index (χ0) is 13.8. The molecule has 0 bridgehead atoms. The molecule has 1 aromatic carbocycles. The molecule has 0 radical (unpaired) electrons. The van der Waals surface area contributed by atoms with Crippen molar-refractivity contribution in [3.63, 3.8) is 0 Å². The first kappa shape index (κ1) is 12.6. The van der Waals surface area contributed by atoms with Gasteiger partial charge in [-0.25, -0.2) is 0 Å². The molecule has 0 fully saturated rings. The van der Waals surface area contributed by atoms with Gasteiger partial charge in [0.05, 0.1) is 17.7 Å². The molecule has 2 rings (SSSR count). The summed E-state index contributed by atoms with van der Waals surface area (Å²) in [5.41, 5.74) is 5.59. The highest BCUT2D eigenvalue weighted by Gasteiger charge is 2.26. The van der Waals surface area contributed by atoms with E-state index >= 15 is 0 Å². The van der Waals surface area contributed by atoms with Gasteiger partial charge in [-0.1, -0.05) is 12.1 Å². The summed E-state index contributed by atoms with van der Waals surface area (Å²) < 4.78 is 10.2. The second-order valence-electron chi connectivity index (χ2n) is 3.43. The van der Waals surface area contributed by atoms with Crippen LogP contribution in [0.2, 0.25) is 0 Å². The third-order valence-corrected chi connectivity index (χ3v) is 2.26. The Hall–Kier alpha value is -2.90. The SMILES string of the molecule is COc1ncnc(Oc2ccccc2N)c1[N+](=O)[O-]. The molecule has 0 saturated carbocycles. The average molecular weight is 262 g/mol. The fourth-order valence-electron chi connectivity index (χ4n) is 1.41. The lowest BCUT2D eigenvalue weighted by Crippen LogP contribution is -2.02. The van der Waals surface area contributed by atoms with Crippen LogP contribution in [0.25, 0.3) is 0 Å². The third-order valence-electron chi connectivity index (χ3n) is 2.26. The molecule has 8 heteroatoms. The summed E-state index contributed by atoms with van der Waals surface area (Å²) in [5.74, 6) is -0.134. The Morgan fingerprint density at radius 2 is 1.95 bits per heavy atom. The number of nitrogens with zero attached hydrogens (tertiary/aromatic N) is 3. The quantitative estimate of drug-likeness (QED) is 0.507. The molecule has 0 amide bonds. The van der Waals surface area contributed by atoms with Crippen molar-refractivity contribution >= 4 is 11.4 Å². The number of nitrogen functional groups attached to an aromatic ring is 1. The van der Waals surface area contributed by atoms with Crippen LogP contribution in [0.3, 0.4) is 0 Å². The van der Waals surface area contributed by atoms with Crippen LogP contribution in [0.5, 0.6) is 17.5 Å². The van der Waals surface area contributed by atoms with E-state index in [9.17, 15) is 10.1 Å². The lowest BCUT2D eigenvalue weighted by atomic mass is 10.3. The van der Waals surface area contributed by atoms with Crippen molar-refractivity contribution < 1.29 is 14.4 Å². The normalized spacial score (nSPS) is 9.95. The number of nitro groups is 1. The number of hydrogen-bond acceptors (Lipinski definition) is 7. The minimum Gasteiger partial charge on any atom is -0.476 e. The second kappa shape index (κ2) is 5.17. The van der Waals surface area contributed by atoms with E-state index in [1.165, 1.54) is 7.11 Å². The lowest BCUT2D eigenvalue weighted by Gasteiger charge is -2.08. The number of aromatic nitrogens is 2. The minimum absolute atomic E-state index is 0.176. The van der Waals surface area contributed by atoms with Crippen LogP contribution in [0.4, 0.5) is 11.4 Å². The van der Waals surface area contributed by atoms with Gasteiger partial charge in [-0.2, -0.15) is 9.97 Å². The van der Waals surface area contributed by atoms with Gasteiger partial charge in [0.1, 0.15) is 6.33 Å². The van der Waals surface area contributed by atoms with Gasteiger partial charge < -0.3 is 15.2 Å². The molecule has 1 aromatic heterocycles. The molecule has 2 N–H and O–H groups in total. The van der Waals surface area contributed by atoms with E-state index in [4.69, 9.17) is 15.2 Å². The maximum absolute atomic E-state index is 11.0. The Kier molecular flexibility index (Phi) is 3.42. The van der Waals surface area contributed by atoms with E-state index in [2.05, 4.69) is 9.97 Å². The van der Waals surface area contributed by atoms with Crippen molar-refractivity contribution in [3.8, 4) is 17.5 Å². The van der Waals surface area contributed by atoms with Gasteiger partial charge in [0, 0.05) is 0 Å². The fourth-order valence-corrected chi connectivity index (χ4v) is 1.41. The average Bonchev–Trinajstić information content (AvgIpc) is 2.40. The number of ether oxygens (including phenoxy) is 2. The number of para-hydroxylation sites is 2. The van der Waals surface area contributed by atoms with E-state index in [0.29, 0.717) is 5.69 Å². The van der Waals surface area contributed by atoms with Gasteiger partial charge in [0.25, 0.3) is 0 Å². The first-order valence-electron chi connectivity index (χ1n) is 5.19. The highest BCUT2D eigenvalue weighted by Crippen LogP contribution is 2.36. The van der Waals surface area contributed by atoms with Crippen molar-refractivity contribution in [1.82, 2.24) is 9.97 Å². The van der Waals surface area contributed by atoms with Gasteiger partial charge in [-0.05, 0) is 12.1 Å². The molecule has 0 spiro atoms. The second-order valence-corrected chi connectivity index (χ2v) is 3.43. The van der Waals surface area contributed by atoms with E-state index in [-0.39, 0.29) is 17.5 Å². The van der Waals surface area contributed by atoms with Gasteiger partial charge in [-0.3, -0.25) is 10.1 Å². The summed E-state index contributed by atoms with van der Waals surface area (Å²) in [5, 5.41) is 11.0. The van der Waals surface area contributed by atoms with Crippen LogP contribution in [0.1, 0.15) is 0 Å². The van der Waals surface area contributed by atoms with Crippen LogP contribution in [0, 0.1) is 10.1 Å². The lowest BCUT2D eigenvalue weighted by molar-refractivity contribution is -0.387. The zero-order valence-electron chi connectivity index (χ0n) is 9.94. The van der Waals surface area contributed by atoms with Crippen molar-refractivity contribution in [2.45, 2.75) is 0 Å².